The molecule has 144 valence electrons. The molecule has 0 atom stereocenters. The fourth-order valence-electron chi connectivity index (χ4n) is 3.42. The molecular weight excluding hydrogens is 375 g/mol. The molecule has 0 saturated carbocycles. The van der Waals surface area contributed by atoms with Crippen molar-refractivity contribution in [2.24, 2.45) is 5.92 Å². The minimum atomic E-state index is -0.951. The minimum Gasteiger partial charge on any atom is -0.550 e. The Balaban J connectivity index is 0.00000240. The van der Waals surface area contributed by atoms with Gasteiger partial charge in [-0.05, 0) is 29.2 Å². The molecular formula is C22H23N4NaO2. The first kappa shape index (κ1) is 21.7. The first-order valence-electron chi connectivity index (χ1n) is 9.55. The smallest absolute Gasteiger partial charge is 0.550 e. The Labute approximate surface area is 192 Å². The summed E-state index contributed by atoms with van der Waals surface area (Å²) in [6, 6.07) is 16.5. The van der Waals surface area contributed by atoms with Crippen LogP contribution in [0, 0.1) is 5.92 Å². The van der Waals surface area contributed by atoms with Crippen molar-refractivity contribution in [2.75, 3.05) is 13.1 Å². The summed E-state index contributed by atoms with van der Waals surface area (Å²) >= 11 is 0. The van der Waals surface area contributed by atoms with Crippen molar-refractivity contribution in [3.05, 3.63) is 65.9 Å². The molecule has 29 heavy (non-hydrogen) atoms. The number of likely N-dealkylation sites (tertiary alicyclic amines) is 1. The van der Waals surface area contributed by atoms with Crippen molar-refractivity contribution < 1.29 is 39.5 Å². The van der Waals surface area contributed by atoms with Crippen molar-refractivity contribution in [1.82, 2.24) is 19.9 Å². The standard InChI is InChI=1S/C22H24N4O2.Na/c1-15(2)17-5-7-18(8-6-17)21-14-26(24-23-21)20-9-3-16(4-10-20)11-25-12-19(13-25)22(27)28;/h3-10,14-15,19H,11-13H2,1-2H3,(H,27,28);/q;+1/p-1. The molecule has 0 aliphatic carbocycles. The molecule has 0 spiro atoms. The maximum Gasteiger partial charge on any atom is 1.00 e. The number of carbonyl (C=O) groups excluding carboxylic acids is 1. The van der Waals surface area contributed by atoms with Gasteiger partial charge in [-0.1, -0.05) is 55.5 Å². The molecule has 1 aliphatic rings. The van der Waals surface area contributed by atoms with E-state index in [0.29, 0.717) is 19.0 Å². The predicted octanol–water partition coefficient (Wildman–Crippen LogP) is -0.757. The monoisotopic (exact) mass is 398 g/mol. The Morgan fingerprint density at radius 1 is 1.10 bits per heavy atom. The van der Waals surface area contributed by atoms with Crippen molar-refractivity contribution in [2.45, 2.75) is 26.3 Å². The van der Waals surface area contributed by atoms with Gasteiger partial charge in [-0.3, -0.25) is 4.90 Å². The maximum atomic E-state index is 10.8. The van der Waals surface area contributed by atoms with Crippen LogP contribution in [0.4, 0.5) is 0 Å². The third-order valence-electron chi connectivity index (χ3n) is 5.26. The zero-order chi connectivity index (χ0) is 19.7. The largest absolute Gasteiger partial charge is 1.00 e. The van der Waals surface area contributed by atoms with Gasteiger partial charge in [0.15, 0.2) is 0 Å². The van der Waals surface area contributed by atoms with Gasteiger partial charge >= 0.3 is 29.6 Å². The quantitative estimate of drug-likeness (QED) is 0.511. The summed E-state index contributed by atoms with van der Waals surface area (Å²) in [7, 11) is 0. The van der Waals surface area contributed by atoms with Gasteiger partial charge in [0.25, 0.3) is 0 Å². The Morgan fingerprint density at radius 3 is 2.34 bits per heavy atom. The molecule has 7 heteroatoms. The van der Waals surface area contributed by atoms with E-state index in [1.807, 2.05) is 30.5 Å². The maximum absolute atomic E-state index is 10.8. The molecule has 1 aromatic heterocycles. The van der Waals surface area contributed by atoms with Crippen LogP contribution in [-0.4, -0.2) is 39.0 Å². The molecule has 4 rings (SSSR count). The number of rotatable bonds is 6. The summed E-state index contributed by atoms with van der Waals surface area (Å²) in [5.41, 5.74) is 5.28. The first-order chi connectivity index (χ1) is 13.5. The van der Waals surface area contributed by atoms with Gasteiger partial charge in [0.2, 0.25) is 0 Å². The fourth-order valence-corrected chi connectivity index (χ4v) is 3.42. The number of aromatic nitrogens is 3. The van der Waals surface area contributed by atoms with Crippen LogP contribution in [0.15, 0.2) is 54.7 Å². The van der Waals surface area contributed by atoms with Gasteiger partial charge in [-0.25, -0.2) is 4.68 Å². The average molecular weight is 398 g/mol. The summed E-state index contributed by atoms with van der Waals surface area (Å²) < 4.78 is 1.77. The molecule has 1 aliphatic heterocycles. The molecule has 0 bridgehead atoms. The van der Waals surface area contributed by atoms with Crippen molar-refractivity contribution in [3.63, 3.8) is 0 Å². The second kappa shape index (κ2) is 9.22. The summed E-state index contributed by atoms with van der Waals surface area (Å²) in [5, 5.41) is 19.3. The van der Waals surface area contributed by atoms with E-state index in [0.717, 1.165) is 29.1 Å². The van der Waals surface area contributed by atoms with Crippen LogP contribution in [-0.2, 0) is 11.3 Å². The van der Waals surface area contributed by atoms with Crippen LogP contribution < -0.4 is 34.7 Å². The summed E-state index contributed by atoms with van der Waals surface area (Å²) in [6.45, 7) is 6.23. The number of hydrogen-bond donors (Lipinski definition) is 0. The van der Waals surface area contributed by atoms with Crippen LogP contribution >= 0.6 is 0 Å². The van der Waals surface area contributed by atoms with Gasteiger partial charge < -0.3 is 9.90 Å². The topological polar surface area (TPSA) is 74.1 Å². The minimum absolute atomic E-state index is 0. The molecule has 0 radical (unpaired) electrons. The number of hydrogen-bond acceptors (Lipinski definition) is 5. The predicted molar refractivity (Wildman–Crippen MR) is 105 cm³/mol. The summed E-state index contributed by atoms with van der Waals surface area (Å²) in [5.74, 6) is -0.777. The first-order valence-corrected chi connectivity index (χ1v) is 9.55. The third-order valence-corrected chi connectivity index (χ3v) is 5.26. The second-order valence-electron chi connectivity index (χ2n) is 7.70. The molecule has 3 aromatic rings. The van der Waals surface area contributed by atoms with E-state index in [9.17, 15) is 9.90 Å². The van der Waals surface area contributed by atoms with Crippen molar-refractivity contribution >= 4 is 5.97 Å². The van der Waals surface area contributed by atoms with E-state index in [1.54, 1.807) is 4.68 Å². The number of carbonyl (C=O) groups is 1. The van der Waals surface area contributed by atoms with E-state index in [4.69, 9.17) is 0 Å². The third kappa shape index (κ3) is 4.95. The van der Waals surface area contributed by atoms with Crippen molar-refractivity contribution in [3.8, 4) is 16.9 Å². The normalized spacial score (nSPS) is 14.4. The van der Waals surface area contributed by atoms with E-state index in [2.05, 4.69) is 53.3 Å². The molecule has 0 amide bonds. The number of benzene rings is 2. The summed E-state index contributed by atoms with van der Waals surface area (Å²) in [6.07, 6.45) is 1.93. The Hall–Kier alpha value is -1.99. The molecule has 2 heterocycles. The van der Waals surface area contributed by atoms with E-state index in [1.165, 1.54) is 5.56 Å². The van der Waals surface area contributed by atoms with Gasteiger partial charge in [0.05, 0.1) is 11.9 Å². The van der Waals surface area contributed by atoms with Crippen LogP contribution in [0.5, 0.6) is 0 Å². The van der Waals surface area contributed by atoms with Gasteiger partial charge in [0, 0.05) is 37.1 Å². The fraction of sp³-hybridized carbons (Fsp3) is 0.318. The van der Waals surface area contributed by atoms with Gasteiger partial charge in [-0.15, -0.1) is 5.10 Å². The second-order valence-corrected chi connectivity index (χ2v) is 7.70. The molecule has 1 fully saturated rings. The van der Waals surface area contributed by atoms with E-state index < -0.39 is 5.97 Å². The number of aliphatic carboxylic acids is 1. The molecule has 0 N–H and O–H groups in total. The molecule has 0 unspecified atom stereocenters. The van der Waals surface area contributed by atoms with Gasteiger partial charge in [-0.2, -0.15) is 0 Å². The molecule has 1 saturated heterocycles. The number of carboxylic acid groups (broad SMARTS) is 1. The van der Waals surface area contributed by atoms with Crippen molar-refractivity contribution in [1.29, 1.82) is 0 Å². The van der Waals surface area contributed by atoms with Crippen LogP contribution in [0.3, 0.4) is 0 Å². The average Bonchev–Trinajstić information content (AvgIpc) is 3.14. The number of nitrogens with zero attached hydrogens (tertiary/aromatic N) is 4. The summed E-state index contributed by atoms with van der Waals surface area (Å²) in [4.78, 5) is 12.9. The van der Waals surface area contributed by atoms with Crippen LogP contribution in [0.25, 0.3) is 16.9 Å². The Bertz CT molecular complexity index is 961. The Morgan fingerprint density at radius 2 is 1.76 bits per heavy atom. The van der Waals surface area contributed by atoms with E-state index >= 15 is 0 Å². The zero-order valence-electron chi connectivity index (χ0n) is 17.1. The number of carboxylic acids is 1. The van der Waals surface area contributed by atoms with Crippen LogP contribution in [0.1, 0.15) is 30.9 Å². The Kier molecular flexibility index (Phi) is 6.90. The molecule has 6 nitrogen and oxygen atoms in total. The molecule has 2 aromatic carbocycles. The van der Waals surface area contributed by atoms with Gasteiger partial charge in [0.1, 0.15) is 5.69 Å². The van der Waals surface area contributed by atoms with E-state index in [-0.39, 0.29) is 35.5 Å². The SMILES string of the molecule is CC(C)c1ccc(-c2cn(-c3ccc(CN4CC(C(=O)[O-])C4)cc3)nn2)cc1.[Na+]. The zero-order valence-corrected chi connectivity index (χ0v) is 19.1. The van der Waals surface area contributed by atoms with Crippen LogP contribution in [0.2, 0.25) is 0 Å².